The zero-order valence-corrected chi connectivity index (χ0v) is 18.2. The normalized spacial score (nSPS) is 14.0. The fourth-order valence-electron chi connectivity index (χ4n) is 4.05. The minimum Gasteiger partial charge on any atom is -0.354 e. The van der Waals surface area contributed by atoms with Gasteiger partial charge in [0.2, 0.25) is 5.91 Å². The molecule has 1 aromatic carbocycles. The van der Waals surface area contributed by atoms with E-state index in [-0.39, 0.29) is 17.9 Å². The molecule has 1 aliphatic rings. The SMILES string of the molecule is CC(C(=O)N(Cc1ccncc1)C(C)C)c1c(C2=CC#CCC=C2)[nH]c2ccccc12. The van der Waals surface area contributed by atoms with Crippen molar-refractivity contribution in [3.63, 3.8) is 0 Å². The second-order valence-corrected chi connectivity index (χ2v) is 8.12. The molecule has 0 saturated carbocycles. The zero-order valence-electron chi connectivity index (χ0n) is 18.2. The Morgan fingerprint density at radius 2 is 1.94 bits per heavy atom. The van der Waals surface area contributed by atoms with E-state index in [1.165, 1.54) is 0 Å². The Balaban J connectivity index is 1.76. The Morgan fingerprint density at radius 1 is 1.16 bits per heavy atom. The lowest BCUT2D eigenvalue weighted by molar-refractivity contribution is -0.134. The summed E-state index contributed by atoms with van der Waals surface area (Å²) in [6, 6.07) is 12.2. The first-order valence-electron chi connectivity index (χ1n) is 10.7. The maximum atomic E-state index is 13.8. The summed E-state index contributed by atoms with van der Waals surface area (Å²) in [4.78, 5) is 23.4. The average Bonchev–Trinajstić information content (AvgIpc) is 2.96. The Kier molecular flexibility index (Phi) is 6.04. The number of aromatic amines is 1. The van der Waals surface area contributed by atoms with E-state index in [1.54, 1.807) is 12.4 Å². The molecule has 0 aliphatic heterocycles. The van der Waals surface area contributed by atoms with Crippen LogP contribution < -0.4 is 0 Å². The van der Waals surface area contributed by atoms with E-state index in [2.05, 4.69) is 59.9 Å². The number of allylic oxidation sites excluding steroid dienone is 4. The number of hydrogen-bond acceptors (Lipinski definition) is 2. The van der Waals surface area contributed by atoms with Gasteiger partial charge in [0.15, 0.2) is 0 Å². The Hall–Kier alpha value is -3.58. The van der Waals surface area contributed by atoms with Gasteiger partial charge in [-0.25, -0.2) is 0 Å². The molecule has 0 radical (unpaired) electrons. The number of fused-ring (bicyclic) bond motifs is 1. The molecule has 0 bridgehead atoms. The number of pyridine rings is 1. The zero-order chi connectivity index (χ0) is 21.8. The van der Waals surface area contributed by atoms with Crippen molar-refractivity contribution in [1.29, 1.82) is 0 Å². The van der Waals surface area contributed by atoms with Gasteiger partial charge in [0, 0.05) is 47.9 Å². The number of rotatable bonds is 6. The lowest BCUT2D eigenvalue weighted by Gasteiger charge is -2.30. The van der Waals surface area contributed by atoms with Gasteiger partial charge in [0.05, 0.1) is 11.6 Å². The van der Waals surface area contributed by atoms with Gasteiger partial charge in [-0.2, -0.15) is 0 Å². The molecule has 4 nitrogen and oxygen atoms in total. The van der Waals surface area contributed by atoms with Gasteiger partial charge in [-0.15, -0.1) is 0 Å². The predicted octanol–water partition coefficient (Wildman–Crippen LogP) is 5.45. The highest BCUT2D eigenvalue weighted by molar-refractivity contribution is 5.97. The highest BCUT2D eigenvalue weighted by atomic mass is 16.2. The number of carbonyl (C=O) groups excluding carboxylic acids is 1. The summed E-state index contributed by atoms with van der Waals surface area (Å²) in [5, 5.41) is 1.08. The standard InChI is InChI=1S/C27H27N3O/c1-19(2)30(18-21-14-16-28-17-15-21)27(31)20(3)25-23-12-8-9-13-24(23)29-26(25)22-10-6-4-5-7-11-22/h6,8-17,19-20,29H,4,18H2,1-3H3. The topological polar surface area (TPSA) is 49.0 Å². The summed E-state index contributed by atoms with van der Waals surface area (Å²) in [5.41, 5.74) is 5.13. The number of nitrogens with one attached hydrogen (secondary N) is 1. The molecule has 0 spiro atoms. The van der Waals surface area contributed by atoms with Crippen molar-refractivity contribution in [2.75, 3.05) is 0 Å². The molecule has 1 unspecified atom stereocenters. The van der Waals surface area contributed by atoms with Gasteiger partial charge in [0.25, 0.3) is 0 Å². The molecule has 156 valence electrons. The van der Waals surface area contributed by atoms with E-state index >= 15 is 0 Å². The van der Waals surface area contributed by atoms with Crippen LogP contribution in [0.5, 0.6) is 0 Å². The summed E-state index contributed by atoms with van der Waals surface area (Å²) in [7, 11) is 0. The predicted molar refractivity (Wildman–Crippen MR) is 126 cm³/mol. The van der Waals surface area contributed by atoms with Crippen LogP contribution in [0, 0.1) is 11.8 Å². The molecule has 1 N–H and O–H groups in total. The van der Waals surface area contributed by atoms with Crippen molar-refractivity contribution < 1.29 is 4.79 Å². The lowest BCUT2D eigenvalue weighted by atomic mass is 9.92. The van der Waals surface area contributed by atoms with Crippen molar-refractivity contribution in [3.05, 3.63) is 83.8 Å². The van der Waals surface area contributed by atoms with E-state index in [9.17, 15) is 4.79 Å². The number of H-pyrrole nitrogens is 1. The lowest BCUT2D eigenvalue weighted by Crippen LogP contribution is -2.39. The third-order valence-corrected chi connectivity index (χ3v) is 5.69. The fourth-order valence-corrected chi connectivity index (χ4v) is 4.05. The van der Waals surface area contributed by atoms with E-state index in [0.717, 1.165) is 39.7 Å². The third kappa shape index (κ3) is 4.32. The Labute approximate surface area is 183 Å². The van der Waals surface area contributed by atoms with E-state index in [4.69, 9.17) is 0 Å². The summed E-state index contributed by atoms with van der Waals surface area (Å²) in [5.74, 6) is 6.03. The third-order valence-electron chi connectivity index (χ3n) is 5.69. The molecule has 1 aliphatic carbocycles. The molecular weight excluding hydrogens is 382 g/mol. The molecule has 2 heterocycles. The molecule has 3 aromatic rings. The molecule has 0 fully saturated rings. The van der Waals surface area contributed by atoms with Gasteiger partial charge in [0.1, 0.15) is 0 Å². The number of hydrogen-bond donors (Lipinski definition) is 1. The summed E-state index contributed by atoms with van der Waals surface area (Å²) in [6.07, 6.45) is 10.4. The average molecular weight is 410 g/mol. The minimum atomic E-state index is -0.305. The van der Waals surface area contributed by atoms with Gasteiger partial charge >= 0.3 is 0 Å². The smallest absolute Gasteiger partial charge is 0.230 e. The quantitative estimate of drug-likeness (QED) is 0.550. The first kappa shape index (κ1) is 20.7. The van der Waals surface area contributed by atoms with Crippen molar-refractivity contribution in [1.82, 2.24) is 14.9 Å². The molecule has 1 atom stereocenters. The van der Waals surface area contributed by atoms with Crippen molar-refractivity contribution in [2.45, 2.75) is 45.7 Å². The van der Waals surface area contributed by atoms with Crippen LogP contribution in [0.25, 0.3) is 16.5 Å². The number of nitrogens with zero attached hydrogens (tertiary/aromatic N) is 2. The first-order valence-corrected chi connectivity index (χ1v) is 10.7. The molecule has 2 aromatic heterocycles. The number of benzene rings is 1. The fraction of sp³-hybridized carbons (Fsp3) is 0.259. The molecular formula is C27H27N3O. The van der Waals surface area contributed by atoms with Crippen LogP contribution in [0.15, 0.2) is 67.0 Å². The Bertz CT molecular complexity index is 1210. The molecule has 4 rings (SSSR count). The van der Waals surface area contributed by atoms with Gasteiger partial charge in [-0.3, -0.25) is 9.78 Å². The minimum absolute atomic E-state index is 0.0830. The van der Waals surface area contributed by atoms with Crippen LogP contribution in [0.2, 0.25) is 0 Å². The van der Waals surface area contributed by atoms with Crippen molar-refractivity contribution in [3.8, 4) is 11.8 Å². The number of carbonyl (C=O) groups is 1. The highest BCUT2D eigenvalue weighted by Crippen LogP contribution is 2.35. The van der Waals surface area contributed by atoms with Crippen molar-refractivity contribution in [2.24, 2.45) is 0 Å². The first-order chi connectivity index (χ1) is 15.1. The molecule has 31 heavy (non-hydrogen) atoms. The summed E-state index contributed by atoms with van der Waals surface area (Å²) in [6.45, 7) is 6.70. The van der Waals surface area contributed by atoms with Crippen molar-refractivity contribution >= 4 is 22.4 Å². The maximum Gasteiger partial charge on any atom is 0.230 e. The van der Waals surface area contributed by atoms with Crippen LogP contribution in [0.1, 0.15) is 49.9 Å². The molecule has 4 heteroatoms. The van der Waals surface area contributed by atoms with E-state index < -0.39 is 0 Å². The second kappa shape index (κ2) is 9.06. The van der Waals surface area contributed by atoms with Gasteiger partial charge < -0.3 is 9.88 Å². The molecule has 1 amide bonds. The number of aromatic nitrogens is 2. The van der Waals surface area contributed by atoms with Crippen LogP contribution in [-0.4, -0.2) is 26.8 Å². The van der Waals surface area contributed by atoms with Gasteiger partial charge in [-0.1, -0.05) is 42.2 Å². The second-order valence-electron chi connectivity index (χ2n) is 8.12. The molecule has 0 saturated heterocycles. The largest absolute Gasteiger partial charge is 0.354 e. The highest BCUT2D eigenvalue weighted by Gasteiger charge is 2.29. The maximum absolute atomic E-state index is 13.8. The monoisotopic (exact) mass is 409 g/mol. The van der Waals surface area contributed by atoms with Crippen LogP contribution in [-0.2, 0) is 11.3 Å². The summed E-state index contributed by atoms with van der Waals surface area (Å²) >= 11 is 0. The Morgan fingerprint density at radius 3 is 2.71 bits per heavy atom. The van der Waals surface area contributed by atoms with Crippen LogP contribution in [0.4, 0.5) is 0 Å². The number of para-hydroxylation sites is 1. The van der Waals surface area contributed by atoms with E-state index in [1.807, 2.05) is 42.2 Å². The summed E-state index contributed by atoms with van der Waals surface area (Å²) < 4.78 is 0. The number of amides is 1. The van der Waals surface area contributed by atoms with Gasteiger partial charge in [-0.05, 0) is 56.2 Å². The van der Waals surface area contributed by atoms with Crippen LogP contribution >= 0.6 is 0 Å². The van der Waals surface area contributed by atoms with E-state index in [0.29, 0.717) is 6.54 Å². The van der Waals surface area contributed by atoms with Crippen LogP contribution in [0.3, 0.4) is 0 Å².